The zero-order valence-corrected chi connectivity index (χ0v) is 18.2. The molecule has 0 saturated carbocycles. The minimum absolute atomic E-state index is 0.0375. The second-order valence-electron chi connectivity index (χ2n) is 6.98. The lowest BCUT2D eigenvalue weighted by atomic mass is 10.1. The highest BCUT2D eigenvalue weighted by Gasteiger charge is 2.35. The molecule has 3 heterocycles. The van der Waals surface area contributed by atoms with Crippen molar-refractivity contribution < 1.29 is 22.4 Å². The molecule has 0 aliphatic carbocycles. The van der Waals surface area contributed by atoms with Gasteiger partial charge in [0, 0.05) is 32.6 Å². The lowest BCUT2D eigenvalue weighted by Crippen LogP contribution is -2.42. The van der Waals surface area contributed by atoms with E-state index in [1.807, 2.05) is 6.07 Å². The van der Waals surface area contributed by atoms with Crippen LogP contribution in [0.15, 0.2) is 46.4 Å². The van der Waals surface area contributed by atoms with Crippen molar-refractivity contribution in [3.05, 3.63) is 51.4 Å². The van der Waals surface area contributed by atoms with Crippen LogP contribution in [0.1, 0.15) is 17.7 Å². The zero-order chi connectivity index (χ0) is 21.3. The molecule has 2 aliphatic rings. The van der Waals surface area contributed by atoms with Crippen LogP contribution in [0.2, 0.25) is 4.34 Å². The molecular weight excluding hydrogens is 453 g/mol. The minimum atomic E-state index is -3.75. The van der Waals surface area contributed by atoms with Gasteiger partial charge in [0.25, 0.3) is 5.91 Å². The predicted octanol–water partition coefficient (Wildman–Crippen LogP) is 2.96. The number of rotatable bonds is 4. The smallest absolute Gasteiger partial charge is 0.266 e. The van der Waals surface area contributed by atoms with Crippen molar-refractivity contribution in [2.45, 2.75) is 23.8 Å². The highest BCUT2D eigenvalue weighted by atomic mass is 35.5. The second kappa shape index (κ2) is 8.62. The highest BCUT2D eigenvalue weighted by Crippen LogP contribution is 2.27. The van der Waals surface area contributed by atoms with Gasteiger partial charge in [0.15, 0.2) is 0 Å². The molecule has 1 atom stereocenters. The van der Waals surface area contributed by atoms with E-state index >= 15 is 0 Å². The van der Waals surface area contributed by atoms with Crippen molar-refractivity contribution in [2.24, 2.45) is 5.16 Å². The molecule has 0 bridgehead atoms. The number of sulfonamides is 1. The lowest BCUT2D eigenvalue weighted by molar-refractivity contribution is -0.141. The minimum Gasteiger partial charge on any atom is -0.382 e. The topological polar surface area (TPSA) is 79.3 Å². The van der Waals surface area contributed by atoms with Gasteiger partial charge < -0.3 is 9.74 Å². The van der Waals surface area contributed by atoms with E-state index in [-0.39, 0.29) is 30.4 Å². The third-order valence-electron chi connectivity index (χ3n) is 5.02. The van der Waals surface area contributed by atoms with Crippen molar-refractivity contribution in [2.75, 3.05) is 26.2 Å². The molecule has 2 aliphatic heterocycles. The van der Waals surface area contributed by atoms with Gasteiger partial charge in [-0.25, -0.2) is 12.8 Å². The summed E-state index contributed by atoms with van der Waals surface area (Å²) < 4.78 is 40.8. The molecule has 11 heteroatoms. The first-order valence-corrected chi connectivity index (χ1v) is 12.0. The number of amides is 1. The van der Waals surface area contributed by atoms with Crippen LogP contribution in [-0.2, 0) is 19.7 Å². The van der Waals surface area contributed by atoms with Crippen LogP contribution in [0.25, 0.3) is 0 Å². The fraction of sp³-hybridized carbons (Fsp3) is 0.368. The van der Waals surface area contributed by atoms with E-state index in [2.05, 4.69) is 5.16 Å². The number of hydrogen-bond donors (Lipinski definition) is 0. The number of halogens is 2. The molecule has 0 spiro atoms. The Labute approximate surface area is 182 Å². The Morgan fingerprint density at radius 3 is 2.60 bits per heavy atom. The number of thiophene rings is 1. The average molecular weight is 472 g/mol. The maximum Gasteiger partial charge on any atom is 0.266 e. The van der Waals surface area contributed by atoms with E-state index in [1.165, 1.54) is 27.8 Å². The van der Waals surface area contributed by atoms with Crippen LogP contribution in [-0.4, -0.2) is 61.5 Å². The van der Waals surface area contributed by atoms with Crippen molar-refractivity contribution in [1.82, 2.24) is 9.21 Å². The van der Waals surface area contributed by atoms with Crippen LogP contribution in [0.3, 0.4) is 0 Å². The molecule has 1 saturated heterocycles. The quantitative estimate of drug-likeness (QED) is 0.686. The molecule has 1 aromatic heterocycles. The molecular formula is C19H19ClFN3O4S2. The van der Waals surface area contributed by atoms with Gasteiger partial charge in [-0.1, -0.05) is 16.8 Å². The summed E-state index contributed by atoms with van der Waals surface area (Å²) in [6.45, 7) is 1.12. The predicted molar refractivity (Wildman–Crippen MR) is 112 cm³/mol. The molecule has 1 unspecified atom stereocenters. The van der Waals surface area contributed by atoms with Gasteiger partial charge in [-0.15, -0.1) is 11.3 Å². The van der Waals surface area contributed by atoms with Crippen molar-refractivity contribution >= 4 is 44.6 Å². The summed E-state index contributed by atoms with van der Waals surface area (Å²) in [4.78, 5) is 20.8. The van der Waals surface area contributed by atoms with Crippen LogP contribution in [0, 0.1) is 5.82 Å². The summed E-state index contributed by atoms with van der Waals surface area (Å²) in [7, 11) is -3.75. The third kappa shape index (κ3) is 4.36. The number of benzene rings is 1. The van der Waals surface area contributed by atoms with Gasteiger partial charge in [-0.05, 0) is 42.8 Å². The number of nitrogens with zero attached hydrogens (tertiary/aromatic N) is 3. The Hall–Kier alpha value is -2.01. The first-order valence-electron chi connectivity index (χ1n) is 9.37. The summed E-state index contributed by atoms with van der Waals surface area (Å²) in [6, 6.07) is 8.35. The van der Waals surface area contributed by atoms with E-state index in [0.29, 0.717) is 29.4 Å². The van der Waals surface area contributed by atoms with Crippen LogP contribution >= 0.6 is 22.9 Å². The summed E-state index contributed by atoms with van der Waals surface area (Å²) >= 11 is 7.33. The fourth-order valence-electron chi connectivity index (χ4n) is 3.44. The monoisotopic (exact) mass is 471 g/mol. The number of carbonyl (C=O) groups is 1. The largest absolute Gasteiger partial charge is 0.382 e. The molecule has 1 amide bonds. The molecule has 160 valence electrons. The Morgan fingerprint density at radius 1 is 1.13 bits per heavy atom. The summed E-state index contributed by atoms with van der Waals surface area (Å²) in [5.41, 5.74) is 0.681. The van der Waals surface area contributed by atoms with E-state index in [9.17, 15) is 17.6 Å². The standard InChI is InChI=1S/C19H19ClFN3O4S2/c20-18-7-6-17(29-18)15-12-16(28-22-15)19(25)23-8-1-9-24(11-10-23)30(26,27)14-4-2-13(21)3-5-14/h2-7,16H,1,8-12H2. The van der Waals surface area contributed by atoms with Crippen LogP contribution in [0.5, 0.6) is 0 Å². The average Bonchev–Trinajstić information content (AvgIpc) is 3.30. The van der Waals surface area contributed by atoms with Gasteiger partial charge in [-0.3, -0.25) is 4.79 Å². The van der Waals surface area contributed by atoms with Crippen LogP contribution in [0.4, 0.5) is 4.39 Å². The van der Waals surface area contributed by atoms with E-state index in [0.717, 1.165) is 17.0 Å². The molecule has 1 aromatic carbocycles. The molecule has 2 aromatic rings. The first kappa shape index (κ1) is 21.2. The second-order valence-corrected chi connectivity index (χ2v) is 10.6. The molecule has 1 fully saturated rings. The van der Waals surface area contributed by atoms with Gasteiger partial charge in [0.1, 0.15) is 11.5 Å². The van der Waals surface area contributed by atoms with Crippen molar-refractivity contribution in [3.63, 3.8) is 0 Å². The third-order valence-corrected chi connectivity index (χ3v) is 8.21. The van der Waals surface area contributed by atoms with Gasteiger partial charge in [0.05, 0.1) is 14.1 Å². The first-order chi connectivity index (χ1) is 14.3. The zero-order valence-electron chi connectivity index (χ0n) is 15.8. The van der Waals surface area contributed by atoms with Gasteiger partial charge >= 0.3 is 0 Å². The number of hydrogen-bond acceptors (Lipinski definition) is 6. The molecule has 0 radical (unpaired) electrons. The van der Waals surface area contributed by atoms with Crippen LogP contribution < -0.4 is 0 Å². The molecule has 30 heavy (non-hydrogen) atoms. The van der Waals surface area contributed by atoms with Gasteiger partial charge in [-0.2, -0.15) is 4.31 Å². The number of carbonyl (C=O) groups excluding carboxylic acids is 1. The van der Waals surface area contributed by atoms with E-state index in [4.69, 9.17) is 16.4 Å². The summed E-state index contributed by atoms with van der Waals surface area (Å²) in [6.07, 6.45) is 0.123. The lowest BCUT2D eigenvalue weighted by Gasteiger charge is -2.23. The van der Waals surface area contributed by atoms with Crippen molar-refractivity contribution in [1.29, 1.82) is 0 Å². The van der Waals surface area contributed by atoms with E-state index < -0.39 is 21.9 Å². The Bertz CT molecular complexity index is 1070. The molecule has 7 nitrogen and oxygen atoms in total. The normalized spacial score (nSPS) is 20.5. The molecule has 0 N–H and O–H groups in total. The summed E-state index contributed by atoms with van der Waals surface area (Å²) in [5, 5.41) is 4.03. The Balaban J connectivity index is 1.38. The fourth-order valence-corrected chi connectivity index (χ4v) is 5.94. The SMILES string of the molecule is O=C(C1CC(c2ccc(Cl)s2)=NO1)N1CCCN(S(=O)(=O)c2ccc(F)cc2)CC1. The van der Waals surface area contributed by atoms with E-state index in [1.54, 1.807) is 11.0 Å². The molecule has 4 rings (SSSR count). The summed E-state index contributed by atoms with van der Waals surface area (Å²) in [5.74, 6) is -0.706. The maximum atomic E-state index is 13.1. The number of oxime groups is 1. The van der Waals surface area contributed by atoms with Gasteiger partial charge in [0.2, 0.25) is 16.1 Å². The van der Waals surface area contributed by atoms with Crippen molar-refractivity contribution in [3.8, 4) is 0 Å². The highest BCUT2D eigenvalue weighted by molar-refractivity contribution is 7.89. The Morgan fingerprint density at radius 2 is 1.90 bits per heavy atom. The Kier molecular flexibility index (Phi) is 6.10. The maximum absolute atomic E-state index is 13.1.